The first-order chi connectivity index (χ1) is 7.44. The highest BCUT2D eigenvalue weighted by Crippen LogP contribution is 2.51. The van der Waals surface area contributed by atoms with Gasteiger partial charge in [0.2, 0.25) is 0 Å². The molecule has 1 aliphatic carbocycles. The van der Waals surface area contributed by atoms with Gasteiger partial charge in [0, 0.05) is 0 Å². The van der Waals surface area contributed by atoms with Gasteiger partial charge in [-0.05, 0) is 67.9 Å². The van der Waals surface area contributed by atoms with Crippen molar-refractivity contribution in [2.75, 3.05) is 13.1 Å². The van der Waals surface area contributed by atoms with E-state index in [1.807, 2.05) is 0 Å². The molecule has 0 aromatic rings. The molecule has 0 bridgehead atoms. The first kappa shape index (κ1) is 12.4. The summed E-state index contributed by atoms with van der Waals surface area (Å²) in [5.41, 5.74) is 1.23. The minimum Gasteiger partial charge on any atom is -0.316 e. The first-order valence-corrected chi connectivity index (χ1v) is 7.15. The van der Waals surface area contributed by atoms with E-state index in [2.05, 4.69) is 33.0 Å². The van der Waals surface area contributed by atoms with Crippen LogP contribution in [0.4, 0.5) is 0 Å². The van der Waals surface area contributed by atoms with Gasteiger partial charge in [0.15, 0.2) is 0 Å². The summed E-state index contributed by atoms with van der Waals surface area (Å²) in [6.45, 7) is 12.2. The van der Waals surface area contributed by atoms with Crippen LogP contribution < -0.4 is 5.32 Å². The van der Waals surface area contributed by atoms with E-state index in [-0.39, 0.29) is 0 Å². The first-order valence-electron chi connectivity index (χ1n) is 7.15. The van der Waals surface area contributed by atoms with Crippen molar-refractivity contribution in [2.45, 2.75) is 59.8 Å². The lowest BCUT2D eigenvalue weighted by Gasteiger charge is -2.49. The largest absolute Gasteiger partial charge is 0.316 e. The molecule has 1 N–H and O–H groups in total. The Morgan fingerprint density at radius 1 is 1.06 bits per heavy atom. The Labute approximate surface area is 101 Å². The Hall–Kier alpha value is -0.0400. The van der Waals surface area contributed by atoms with Crippen LogP contribution in [0, 0.1) is 22.7 Å². The number of rotatable bonds is 0. The van der Waals surface area contributed by atoms with Crippen molar-refractivity contribution in [1.29, 1.82) is 0 Å². The van der Waals surface area contributed by atoms with Gasteiger partial charge in [0.05, 0.1) is 0 Å². The Morgan fingerprint density at radius 3 is 2.19 bits per heavy atom. The average Bonchev–Trinajstić information content (AvgIpc) is 2.22. The highest BCUT2D eigenvalue weighted by molar-refractivity contribution is 4.94. The summed E-state index contributed by atoms with van der Waals surface area (Å²) in [5, 5.41) is 3.55. The zero-order chi connectivity index (χ0) is 11.8. The van der Waals surface area contributed by atoms with Crippen molar-refractivity contribution in [2.24, 2.45) is 22.7 Å². The number of hydrogen-bond donors (Lipinski definition) is 1. The SMILES string of the molecule is CC1CNCCC12CCC(C(C)(C)C)CC2. The fourth-order valence-corrected chi connectivity index (χ4v) is 3.92. The minimum atomic E-state index is 0.526. The van der Waals surface area contributed by atoms with Gasteiger partial charge in [0.25, 0.3) is 0 Å². The molecule has 2 fully saturated rings. The van der Waals surface area contributed by atoms with Crippen LogP contribution in [0.3, 0.4) is 0 Å². The minimum absolute atomic E-state index is 0.526. The summed E-state index contributed by atoms with van der Waals surface area (Å²) in [7, 11) is 0. The number of hydrogen-bond acceptors (Lipinski definition) is 1. The van der Waals surface area contributed by atoms with Gasteiger partial charge in [-0.15, -0.1) is 0 Å². The molecule has 1 nitrogen and oxygen atoms in total. The molecule has 1 spiro atoms. The molecule has 0 aromatic carbocycles. The van der Waals surface area contributed by atoms with Crippen LogP contribution in [0.5, 0.6) is 0 Å². The molecule has 0 aromatic heterocycles. The van der Waals surface area contributed by atoms with E-state index >= 15 is 0 Å². The van der Waals surface area contributed by atoms with E-state index in [4.69, 9.17) is 0 Å². The Kier molecular flexibility index (Phi) is 3.36. The predicted molar refractivity (Wildman–Crippen MR) is 70.5 cm³/mol. The van der Waals surface area contributed by atoms with Gasteiger partial charge in [-0.1, -0.05) is 27.7 Å². The molecule has 2 aliphatic rings. The quantitative estimate of drug-likeness (QED) is 0.658. The lowest BCUT2D eigenvalue weighted by atomic mass is 9.58. The lowest BCUT2D eigenvalue weighted by molar-refractivity contribution is 0.0233. The van der Waals surface area contributed by atoms with E-state index in [1.54, 1.807) is 0 Å². The summed E-state index contributed by atoms with van der Waals surface area (Å²) in [6.07, 6.45) is 7.32. The molecule has 16 heavy (non-hydrogen) atoms. The van der Waals surface area contributed by atoms with Crippen molar-refractivity contribution >= 4 is 0 Å². The fourth-order valence-electron chi connectivity index (χ4n) is 3.92. The Balaban J connectivity index is 1.98. The Morgan fingerprint density at radius 2 is 1.69 bits per heavy atom. The second kappa shape index (κ2) is 4.33. The fraction of sp³-hybridized carbons (Fsp3) is 1.00. The summed E-state index contributed by atoms with van der Waals surface area (Å²) in [4.78, 5) is 0. The maximum absolute atomic E-state index is 3.55. The third-order valence-electron chi connectivity index (χ3n) is 5.50. The highest BCUT2D eigenvalue weighted by atomic mass is 14.9. The van der Waals surface area contributed by atoms with Gasteiger partial charge in [-0.2, -0.15) is 0 Å². The average molecular weight is 223 g/mol. The van der Waals surface area contributed by atoms with Crippen LogP contribution in [0.25, 0.3) is 0 Å². The number of piperidine rings is 1. The lowest BCUT2D eigenvalue weighted by Crippen LogP contribution is -2.46. The van der Waals surface area contributed by atoms with E-state index in [0.29, 0.717) is 10.8 Å². The zero-order valence-electron chi connectivity index (χ0n) is 11.6. The molecule has 0 radical (unpaired) electrons. The maximum atomic E-state index is 3.55. The van der Waals surface area contributed by atoms with Gasteiger partial charge < -0.3 is 5.32 Å². The van der Waals surface area contributed by atoms with Crippen molar-refractivity contribution < 1.29 is 0 Å². The second-order valence-corrected chi connectivity index (χ2v) is 7.36. The molecule has 1 atom stereocenters. The van der Waals surface area contributed by atoms with E-state index in [9.17, 15) is 0 Å². The van der Waals surface area contributed by atoms with Crippen LogP contribution in [0.15, 0.2) is 0 Å². The molecule has 94 valence electrons. The second-order valence-electron chi connectivity index (χ2n) is 7.36. The smallest absolute Gasteiger partial charge is 0.00178 e. The monoisotopic (exact) mass is 223 g/mol. The molecule has 1 saturated carbocycles. The standard InChI is InChI=1S/C15H29N/c1-12-11-16-10-9-15(12)7-5-13(6-8-15)14(2,3)4/h12-13,16H,5-11H2,1-4H3. The molecular weight excluding hydrogens is 194 g/mol. The number of nitrogens with one attached hydrogen (secondary N) is 1. The highest BCUT2D eigenvalue weighted by Gasteiger charge is 2.42. The third kappa shape index (κ3) is 2.30. The topological polar surface area (TPSA) is 12.0 Å². The van der Waals surface area contributed by atoms with E-state index < -0.39 is 0 Å². The van der Waals surface area contributed by atoms with Crippen molar-refractivity contribution in [3.05, 3.63) is 0 Å². The Bertz CT molecular complexity index is 230. The zero-order valence-corrected chi connectivity index (χ0v) is 11.6. The van der Waals surface area contributed by atoms with Crippen molar-refractivity contribution in [3.8, 4) is 0 Å². The van der Waals surface area contributed by atoms with E-state index in [0.717, 1.165) is 11.8 Å². The molecule has 1 heterocycles. The normalized spacial score (nSPS) is 41.2. The van der Waals surface area contributed by atoms with Gasteiger partial charge in [-0.3, -0.25) is 0 Å². The van der Waals surface area contributed by atoms with Crippen LogP contribution in [-0.2, 0) is 0 Å². The molecule has 1 saturated heterocycles. The summed E-state index contributed by atoms with van der Waals surface area (Å²) in [6, 6.07) is 0. The maximum Gasteiger partial charge on any atom is -0.00178 e. The van der Waals surface area contributed by atoms with Crippen molar-refractivity contribution in [1.82, 2.24) is 5.32 Å². The summed E-state index contributed by atoms with van der Waals surface area (Å²) in [5.74, 6) is 1.85. The summed E-state index contributed by atoms with van der Waals surface area (Å²) >= 11 is 0. The molecule has 1 aliphatic heterocycles. The van der Waals surface area contributed by atoms with Crippen LogP contribution in [0.1, 0.15) is 59.8 Å². The molecule has 2 rings (SSSR count). The van der Waals surface area contributed by atoms with Crippen LogP contribution in [-0.4, -0.2) is 13.1 Å². The van der Waals surface area contributed by atoms with Gasteiger partial charge in [-0.25, -0.2) is 0 Å². The third-order valence-corrected chi connectivity index (χ3v) is 5.50. The van der Waals surface area contributed by atoms with E-state index in [1.165, 1.54) is 45.2 Å². The van der Waals surface area contributed by atoms with Gasteiger partial charge >= 0.3 is 0 Å². The predicted octanol–water partition coefficient (Wildman–Crippen LogP) is 3.84. The molecule has 1 heteroatoms. The summed E-state index contributed by atoms with van der Waals surface area (Å²) < 4.78 is 0. The van der Waals surface area contributed by atoms with Crippen LogP contribution in [0.2, 0.25) is 0 Å². The molecule has 0 amide bonds. The molecule has 1 unspecified atom stereocenters. The van der Waals surface area contributed by atoms with Crippen molar-refractivity contribution in [3.63, 3.8) is 0 Å². The van der Waals surface area contributed by atoms with Crippen LogP contribution >= 0.6 is 0 Å². The van der Waals surface area contributed by atoms with Gasteiger partial charge in [0.1, 0.15) is 0 Å². The molecular formula is C15H29N.